The number of carboxylic acids is 2. The normalized spacial score (nSPS) is 13.5. The van der Waals surface area contributed by atoms with Crippen molar-refractivity contribution < 1.29 is 19.8 Å². The minimum absolute atomic E-state index is 0.477. The molecule has 0 radical (unpaired) electrons. The number of carbonyl (C=O) groups is 2. The van der Waals surface area contributed by atoms with Crippen LogP contribution < -0.4 is 0 Å². The Morgan fingerprint density at radius 3 is 2.27 bits per heavy atom. The van der Waals surface area contributed by atoms with Gasteiger partial charge in [0.1, 0.15) is 0 Å². The quantitative estimate of drug-likeness (QED) is 0.838. The Kier molecular flexibility index (Phi) is 4.98. The van der Waals surface area contributed by atoms with Gasteiger partial charge in [-0.05, 0) is 30.5 Å². The van der Waals surface area contributed by atoms with Crippen LogP contribution in [0.25, 0.3) is 10.4 Å². The van der Waals surface area contributed by atoms with Crippen LogP contribution in [0.2, 0.25) is 0 Å². The van der Waals surface area contributed by atoms with E-state index in [1.165, 1.54) is 11.3 Å². The molecular formula is C17H18O4S. The lowest BCUT2D eigenvalue weighted by molar-refractivity contribution is -0.139. The molecule has 2 rings (SSSR count). The van der Waals surface area contributed by atoms with E-state index < -0.39 is 23.8 Å². The zero-order valence-corrected chi connectivity index (χ0v) is 13.3. The highest BCUT2D eigenvalue weighted by molar-refractivity contribution is 7.16. The van der Waals surface area contributed by atoms with Crippen molar-refractivity contribution in [2.75, 3.05) is 0 Å². The van der Waals surface area contributed by atoms with Crippen LogP contribution in [0, 0.1) is 0 Å². The molecule has 116 valence electrons. The molecule has 2 aromatic rings. The Hall–Kier alpha value is -2.14. The fraction of sp³-hybridized carbons (Fsp3) is 0.294. The molecule has 0 saturated carbocycles. The van der Waals surface area contributed by atoms with Gasteiger partial charge in [0, 0.05) is 9.75 Å². The van der Waals surface area contributed by atoms with Gasteiger partial charge < -0.3 is 10.2 Å². The van der Waals surface area contributed by atoms with Gasteiger partial charge in [0.2, 0.25) is 0 Å². The highest BCUT2D eigenvalue weighted by Crippen LogP contribution is 2.40. The Labute approximate surface area is 133 Å². The van der Waals surface area contributed by atoms with Crippen LogP contribution in [-0.4, -0.2) is 22.2 Å². The van der Waals surface area contributed by atoms with Crippen molar-refractivity contribution >= 4 is 23.3 Å². The van der Waals surface area contributed by atoms with Crippen molar-refractivity contribution in [2.45, 2.75) is 32.1 Å². The lowest BCUT2D eigenvalue weighted by Crippen LogP contribution is -2.09. The lowest BCUT2D eigenvalue weighted by Gasteiger charge is -2.07. The minimum Gasteiger partial charge on any atom is -0.481 e. The van der Waals surface area contributed by atoms with Gasteiger partial charge in [-0.3, -0.25) is 9.59 Å². The number of hydrogen-bond acceptors (Lipinski definition) is 3. The molecule has 1 aromatic carbocycles. The first-order valence-electron chi connectivity index (χ1n) is 7.10. The van der Waals surface area contributed by atoms with E-state index >= 15 is 0 Å². The molecule has 1 aromatic heterocycles. The predicted octanol–water partition coefficient (Wildman–Crippen LogP) is 4.18. The van der Waals surface area contributed by atoms with Crippen LogP contribution in [0.1, 0.15) is 42.5 Å². The lowest BCUT2D eigenvalue weighted by atomic mass is 9.96. The molecule has 0 aliphatic heterocycles. The SMILES string of the molecule is CCC(C(=O)O)c1cc(C(C)C(=O)O)c(-c2ccccc2)s1. The summed E-state index contributed by atoms with van der Waals surface area (Å²) in [6.07, 6.45) is 0.477. The molecular weight excluding hydrogens is 300 g/mol. The molecule has 0 spiro atoms. The molecule has 2 atom stereocenters. The Morgan fingerprint density at radius 2 is 1.77 bits per heavy atom. The minimum atomic E-state index is -0.912. The van der Waals surface area contributed by atoms with Gasteiger partial charge >= 0.3 is 11.9 Å². The topological polar surface area (TPSA) is 74.6 Å². The number of benzene rings is 1. The summed E-state index contributed by atoms with van der Waals surface area (Å²) in [6, 6.07) is 11.2. The van der Waals surface area contributed by atoms with Crippen molar-refractivity contribution in [1.82, 2.24) is 0 Å². The summed E-state index contributed by atoms with van der Waals surface area (Å²) in [4.78, 5) is 24.3. The van der Waals surface area contributed by atoms with Crippen molar-refractivity contribution in [1.29, 1.82) is 0 Å². The molecule has 0 fully saturated rings. The first-order valence-corrected chi connectivity index (χ1v) is 7.92. The Balaban J connectivity index is 2.57. The van der Waals surface area contributed by atoms with Gasteiger partial charge in [0.25, 0.3) is 0 Å². The zero-order valence-electron chi connectivity index (χ0n) is 12.4. The maximum atomic E-state index is 11.4. The number of aliphatic carboxylic acids is 2. The van der Waals surface area contributed by atoms with Gasteiger partial charge in [-0.1, -0.05) is 37.3 Å². The van der Waals surface area contributed by atoms with Gasteiger partial charge in [0.05, 0.1) is 11.8 Å². The number of carboxylic acid groups (broad SMARTS) is 2. The maximum absolute atomic E-state index is 11.4. The molecule has 0 bridgehead atoms. The summed E-state index contributed by atoms with van der Waals surface area (Å²) >= 11 is 1.38. The van der Waals surface area contributed by atoms with Crippen molar-refractivity contribution in [3.05, 3.63) is 46.8 Å². The summed E-state index contributed by atoms with van der Waals surface area (Å²) in [5, 5.41) is 18.6. The second-order valence-electron chi connectivity index (χ2n) is 5.16. The molecule has 0 saturated heterocycles. The number of thiophene rings is 1. The first kappa shape index (κ1) is 16.2. The van der Waals surface area contributed by atoms with E-state index in [4.69, 9.17) is 0 Å². The zero-order chi connectivity index (χ0) is 16.3. The van der Waals surface area contributed by atoms with E-state index in [9.17, 15) is 19.8 Å². The standard InChI is InChI=1S/C17H18O4S/c1-3-12(17(20)21)14-9-13(10(2)16(18)19)15(22-14)11-7-5-4-6-8-11/h4-10,12H,3H2,1-2H3,(H,18,19)(H,20,21). The van der Waals surface area contributed by atoms with Crippen molar-refractivity contribution in [2.24, 2.45) is 0 Å². The third-order valence-corrected chi connectivity index (χ3v) is 5.02. The van der Waals surface area contributed by atoms with E-state index in [1.807, 2.05) is 37.3 Å². The molecule has 2 unspecified atom stereocenters. The van der Waals surface area contributed by atoms with Crippen molar-refractivity contribution in [3.8, 4) is 10.4 Å². The monoisotopic (exact) mass is 318 g/mol. The van der Waals surface area contributed by atoms with E-state index in [1.54, 1.807) is 13.0 Å². The average molecular weight is 318 g/mol. The maximum Gasteiger partial charge on any atom is 0.311 e. The highest BCUT2D eigenvalue weighted by Gasteiger charge is 2.26. The van der Waals surface area contributed by atoms with Crippen LogP contribution in [0.15, 0.2) is 36.4 Å². The summed E-state index contributed by atoms with van der Waals surface area (Å²) < 4.78 is 0. The molecule has 22 heavy (non-hydrogen) atoms. The molecule has 2 N–H and O–H groups in total. The summed E-state index contributed by atoms with van der Waals surface area (Å²) in [5.41, 5.74) is 1.60. The van der Waals surface area contributed by atoms with Crippen LogP contribution in [0.3, 0.4) is 0 Å². The second-order valence-corrected chi connectivity index (χ2v) is 6.24. The molecule has 0 aliphatic carbocycles. The summed E-state index contributed by atoms with van der Waals surface area (Å²) in [7, 11) is 0. The van der Waals surface area contributed by atoms with E-state index in [0.717, 1.165) is 10.4 Å². The molecule has 4 nitrogen and oxygen atoms in total. The molecule has 0 aliphatic rings. The average Bonchev–Trinajstić information content (AvgIpc) is 2.92. The number of rotatable bonds is 6. The van der Waals surface area contributed by atoms with Gasteiger partial charge in [-0.15, -0.1) is 11.3 Å². The molecule has 5 heteroatoms. The smallest absolute Gasteiger partial charge is 0.311 e. The second kappa shape index (κ2) is 6.75. The van der Waals surface area contributed by atoms with Crippen LogP contribution >= 0.6 is 11.3 Å². The fourth-order valence-electron chi connectivity index (χ4n) is 2.36. The first-order chi connectivity index (χ1) is 10.5. The van der Waals surface area contributed by atoms with E-state index in [2.05, 4.69) is 0 Å². The molecule has 1 heterocycles. The van der Waals surface area contributed by atoms with Gasteiger partial charge in [-0.2, -0.15) is 0 Å². The van der Waals surface area contributed by atoms with Gasteiger partial charge in [-0.25, -0.2) is 0 Å². The van der Waals surface area contributed by atoms with Crippen molar-refractivity contribution in [3.63, 3.8) is 0 Å². The van der Waals surface area contributed by atoms with Crippen LogP contribution in [0.5, 0.6) is 0 Å². The van der Waals surface area contributed by atoms with E-state index in [-0.39, 0.29) is 0 Å². The summed E-state index contributed by atoms with van der Waals surface area (Å²) in [6.45, 7) is 3.45. The number of hydrogen-bond donors (Lipinski definition) is 2. The van der Waals surface area contributed by atoms with Crippen LogP contribution in [-0.2, 0) is 9.59 Å². The fourth-order valence-corrected chi connectivity index (χ4v) is 3.80. The van der Waals surface area contributed by atoms with Crippen LogP contribution in [0.4, 0.5) is 0 Å². The summed E-state index contributed by atoms with van der Waals surface area (Å²) in [5.74, 6) is -3.06. The highest BCUT2D eigenvalue weighted by atomic mass is 32.1. The predicted molar refractivity (Wildman–Crippen MR) is 86.5 cm³/mol. The third kappa shape index (κ3) is 3.20. The third-order valence-electron chi connectivity index (χ3n) is 3.70. The Morgan fingerprint density at radius 1 is 1.14 bits per heavy atom. The van der Waals surface area contributed by atoms with Gasteiger partial charge in [0.15, 0.2) is 0 Å². The van der Waals surface area contributed by atoms with E-state index in [0.29, 0.717) is 16.9 Å². The Bertz CT molecular complexity index is 675. The molecule has 0 amide bonds. The largest absolute Gasteiger partial charge is 0.481 e.